The highest BCUT2D eigenvalue weighted by molar-refractivity contribution is 5.98. The first kappa shape index (κ1) is 14.4. The Labute approximate surface area is 118 Å². The molecular formula is C15H20N2O3. The fourth-order valence-electron chi connectivity index (χ4n) is 2.52. The number of likely N-dealkylation sites (tertiary alicyclic amines) is 1. The molecular weight excluding hydrogens is 256 g/mol. The van der Waals surface area contributed by atoms with Crippen molar-refractivity contribution in [2.75, 3.05) is 20.2 Å². The van der Waals surface area contributed by atoms with Crippen LogP contribution in [0.3, 0.4) is 0 Å². The number of ether oxygens (including phenoxy) is 1. The summed E-state index contributed by atoms with van der Waals surface area (Å²) in [5.41, 5.74) is 2.37. The van der Waals surface area contributed by atoms with Crippen molar-refractivity contribution >= 4 is 11.6 Å². The Morgan fingerprint density at radius 3 is 2.85 bits per heavy atom. The predicted octanol–water partition coefficient (Wildman–Crippen LogP) is 2.32. The van der Waals surface area contributed by atoms with Crippen LogP contribution < -0.4 is 4.74 Å². The molecule has 1 amide bonds. The van der Waals surface area contributed by atoms with E-state index in [1.807, 2.05) is 32.0 Å². The van der Waals surface area contributed by atoms with E-state index in [0.29, 0.717) is 30.8 Å². The summed E-state index contributed by atoms with van der Waals surface area (Å²) in [6.45, 7) is 5.04. The van der Waals surface area contributed by atoms with Crippen molar-refractivity contribution in [3.8, 4) is 5.75 Å². The van der Waals surface area contributed by atoms with E-state index in [0.717, 1.165) is 11.3 Å². The molecule has 5 nitrogen and oxygen atoms in total. The van der Waals surface area contributed by atoms with Gasteiger partial charge >= 0.3 is 0 Å². The summed E-state index contributed by atoms with van der Waals surface area (Å²) < 4.78 is 5.27. The SMILES string of the molecule is COc1ccc(C)cc1C(=O)N1CC/C(=N/O)C(C)C1. The molecule has 1 N–H and O–H groups in total. The number of hydrogen-bond donors (Lipinski definition) is 1. The van der Waals surface area contributed by atoms with E-state index in [2.05, 4.69) is 5.16 Å². The first-order chi connectivity index (χ1) is 9.56. The second-order valence-corrected chi connectivity index (χ2v) is 5.20. The normalized spacial score (nSPS) is 21.1. The number of aryl methyl sites for hydroxylation is 1. The zero-order valence-corrected chi connectivity index (χ0v) is 12.1. The minimum atomic E-state index is -0.0330. The Morgan fingerprint density at radius 1 is 1.50 bits per heavy atom. The number of methoxy groups -OCH3 is 1. The van der Waals surface area contributed by atoms with Gasteiger partial charge in [-0.1, -0.05) is 23.7 Å². The largest absolute Gasteiger partial charge is 0.496 e. The number of nitrogens with zero attached hydrogens (tertiary/aromatic N) is 2. The van der Waals surface area contributed by atoms with Gasteiger partial charge in [0.15, 0.2) is 0 Å². The number of carbonyl (C=O) groups excluding carboxylic acids is 1. The van der Waals surface area contributed by atoms with E-state index in [1.165, 1.54) is 0 Å². The molecule has 0 saturated carbocycles. The van der Waals surface area contributed by atoms with Gasteiger partial charge in [-0.3, -0.25) is 4.79 Å². The van der Waals surface area contributed by atoms with Crippen molar-refractivity contribution < 1.29 is 14.7 Å². The average molecular weight is 276 g/mol. The zero-order chi connectivity index (χ0) is 14.7. The van der Waals surface area contributed by atoms with Gasteiger partial charge in [0, 0.05) is 25.4 Å². The molecule has 20 heavy (non-hydrogen) atoms. The van der Waals surface area contributed by atoms with Gasteiger partial charge < -0.3 is 14.8 Å². The van der Waals surface area contributed by atoms with Gasteiger partial charge in [0.05, 0.1) is 18.4 Å². The van der Waals surface area contributed by atoms with E-state index in [-0.39, 0.29) is 11.8 Å². The van der Waals surface area contributed by atoms with E-state index >= 15 is 0 Å². The third-order valence-electron chi connectivity index (χ3n) is 3.70. The van der Waals surface area contributed by atoms with Crippen LogP contribution in [-0.2, 0) is 0 Å². The smallest absolute Gasteiger partial charge is 0.257 e. The molecule has 1 saturated heterocycles. The standard InChI is InChI=1S/C15H20N2O3/c1-10-4-5-14(20-3)12(8-10)15(18)17-7-6-13(16-19)11(2)9-17/h4-5,8,11,19H,6-7,9H2,1-3H3/b16-13-. The van der Waals surface area contributed by atoms with Gasteiger partial charge in [-0.2, -0.15) is 0 Å². The van der Waals surface area contributed by atoms with Crippen LogP contribution in [0.1, 0.15) is 29.3 Å². The molecule has 1 fully saturated rings. The molecule has 1 aromatic rings. The molecule has 0 spiro atoms. The monoisotopic (exact) mass is 276 g/mol. The predicted molar refractivity (Wildman–Crippen MR) is 76.6 cm³/mol. The Morgan fingerprint density at radius 2 is 2.25 bits per heavy atom. The number of oxime groups is 1. The first-order valence-corrected chi connectivity index (χ1v) is 6.71. The molecule has 108 valence electrons. The van der Waals surface area contributed by atoms with Crippen molar-refractivity contribution in [2.24, 2.45) is 11.1 Å². The fourth-order valence-corrected chi connectivity index (χ4v) is 2.52. The summed E-state index contributed by atoms with van der Waals surface area (Å²) in [6.07, 6.45) is 0.609. The van der Waals surface area contributed by atoms with Crippen LogP contribution in [-0.4, -0.2) is 41.9 Å². The first-order valence-electron chi connectivity index (χ1n) is 6.71. The number of carbonyl (C=O) groups is 1. The molecule has 1 unspecified atom stereocenters. The molecule has 2 rings (SSSR count). The van der Waals surface area contributed by atoms with Crippen LogP contribution in [0.4, 0.5) is 0 Å². The highest BCUT2D eigenvalue weighted by atomic mass is 16.5. The fraction of sp³-hybridized carbons (Fsp3) is 0.467. The number of hydrogen-bond acceptors (Lipinski definition) is 4. The van der Waals surface area contributed by atoms with Gasteiger partial charge in [-0.15, -0.1) is 0 Å². The number of amides is 1. The van der Waals surface area contributed by atoms with Crippen molar-refractivity contribution in [3.05, 3.63) is 29.3 Å². The van der Waals surface area contributed by atoms with Gasteiger partial charge in [0.1, 0.15) is 5.75 Å². The maximum absolute atomic E-state index is 12.6. The number of piperidine rings is 1. The maximum Gasteiger partial charge on any atom is 0.257 e. The van der Waals surface area contributed by atoms with Gasteiger partial charge in [0.2, 0.25) is 0 Å². The van der Waals surface area contributed by atoms with E-state index in [9.17, 15) is 4.79 Å². The summed E-state index contributed by atoms with van der Waals surface area (Å²) >= 11 is 0. The Bertz CT molecular complexity index is 540. The van der Waals surface area contributed by atoms with Gasteiger partial charge in [-0.25, -0.2) is 0 Å². The topological polar surface area (TPSA) is 62.1 Å². The molecule has 1 aromatic carbocycles. The van der Waals surface area contributed by atoms with Crippen LogP contribution in [0.25, 0.3) is 0 Å². The quantitative estimate of drug-likeness (QED) is 0.666. The minimum Gasteiger partial charge on any atom is -0.496 e. The minimum absolute atomic E-state index is 0.0330. The number of rotatable bonds is 2. The van der Waals surface area contributed by atoms with E-state index in [1.54, 1.807) is 12.0 Å². The zero-order valence-electron chi connectivity index (χ0n) is 12.1. The van der Waals surface area contributed by atoms with Crippen molar-refractivity contribution in [2.45, 2.75) is 20.3 Å². The van der Waals surface area contributed by atoms with Crippen molar-refractivity contribution in [3.63, 3.8) is 0 Å². The van der Waals surface area contributed by atoms with Crippen molar-refractivity contribution in [1.82, 2.24) is 4.90 Å². The van der Waals surface area contributed by atoms with Crippen LogP contribution in [0.15, 0.2) is 23.4 Å². The Hall–Kier alpha value is -2.04. The molecule has 0 bridgehead atoms. The van der Waals surface area contributed by atoms with Crippen LogP contribution in [0.2, 0.25) is 0 Å². The molecule has 1 aliphatic rings. The Kier molecular flexibility index (Phi) is 4.27. The lowest BCUT2D eigenvalue weighted by molar-refractivity contribution is 0.0730. The molecule has 0 radical (unpaired) electrons. The van der Waals surface area contributed by atoms with Crippen LogP contribution >= 0.6 is 0 Å². The highest BCUT2D eigenvalue weighted by Crippen LogP contribution is 2.24. The third kappa shape index (κ3) is 2.76. The van der Waals surface area contributed by atoms with Crippen molar-refractivity contribution in [1.29, 1.82) is 0 Å². The third-order valence-corrected chi connectivity index (χ3v) is 3.70. The maximum atomic E-state index is 12.6. The van der Waals surface area contributed by atoms with Gasteiger partial charge in [0.25, 0.3) is 5.91 Å². The molecule has 0 aliphatic carbocycles. The molecule has 1 heterocycles. The van der Waals surface area contributed by atoms with E-state index in [4.69, 9.17) is 9.94 Å². The molecule has 1 aliphatic heterocycles. The highest BCUT2D eigenvalue weighted by Gasteiger charge is 2.28. The summed E-state index contributed by atoms with van der Waals surface area (Å²) in [5.74, 6) is 0.637. The summed E-state index contributed by atoms with van der Waals surface area (Å²) in [5, 5.41) is 12.2. The molecule has 5 heteroatoms. The summed E-state index contributed by atoms with van der Waals surface area (Å²) in [4.78, 5) is 14.4. The van der Waals surface area contributed by atoms with E-state index < -0.39 is 0 Å². The lowest BCUT2D eigenvalue weighted by Gasteiger charge is -2.31. The number of benzene rings is 1. The lowest BCUT2D eigenvalue weighted by atomic mass is 9.96. The molecule has 0 aromatic heterocycles. The second kappa shape index (κ2) is 5.94. The average Bonchev–Trinajstić information content (AvgIpc) is 2.46. The molecule has 1 atom stereocenters. The summed E-state index contributed by atoms with van der Waals surface area (Å²) in [7, 11) is 1.57. The summed E-state index contributed by atoms with van der Waals surface area (Å²) in [6, 6.07) is 5.59. The Balaban J connectivity index is 2.22. The van der Waals surface area contributed by atoms with Crippen LogP contribution in [0, 0.1) is 12.8 Å². The van der Waals surface area contributed by atoms with Gasteiger partial charge in [-0.05, 0) is 19.1 Å². The second-order valence-electron chi connectivity index (χ2n) is 5.20. The van der Waals surface area contributed by atoms with Crippen LogP contribution in [0.5, 0.6) is 5.75 Å². The lowest BCUT2D eigenvalue weighted by Crippen LogP contribution is -2.43.